The SMILES string of the molecule is CCCCOc1ccc(C=c2sc3nc(=O)c(Cc4ccc(C)cc4)nn3c2=O)cc1OCC. The molecule has 0 N–H and O–H groups in total. The van der Waals surface area contributed by atoms with Crippen molar-refractivity contribution in [1.82, 2.24) is 14.6 Å². The van der Waals surface area contributed by atoms with Crippen LogP contribution >= 0.6 is 11.3 Å². The molecule has 4 aromatic rings. The summed E-state index contributed by atoms with van der Waals surface area (Å²) in [6.45, 7) is 7.15. The summed E-state index contributed by atoms with van der Waals surface area (Å²) in [6, 6.07) is 13.4. The van der Waals surface area contributed by atoms with Gasteiger partial charge >= 0.3 is 0 Å². The zero-order valence-electron chi connectivity index (χ0n) is 19.5. The molecule has 0 atom stereocenters. The van der Waals surface area contributed by atoms with E-state index in [0.717, 1.165) is 40.9 Å². The van der Waals surface area contributed by atoms with E-state index in [4.69, 9.17) is 9.47 Å². The molecule has 0 saturated carbocycles. The van der Waals surface area contributed by atoms with Gasteiger partial charge in [-0.1, -0.05) is 60.6 Å². The molecule has 2 heterocycles. The standard InChI is InChI=1S/C26H27N3O4S/c1-4-6-13-33-21-12-11-19(15-22(21)32-5-2)16-23-25(31)29-26(34-23)27-24(30)20(28-29)14-18-9-7-17(3)8-10-18/h7-12,15-16H,4-6,13-14H2,1-3H3. The van der Waals surface area contributed by atoms with Crippen molar-refractivity contribution < 1.29 is 9.47 Å². The zero-order chi connectivity index (χ0) is 24.1. The average molecular weight is 478 g/mol. The molecule has 0 fully saturated rings. The fourth-order valence-corrected chi connectivity index (χ4v) is 4.34. The van der Waals surface area contributed by atoms with E-state index in [2.05, 4.69) is 17.0 Å². The van der Waals surface area contributed by atoms with Crippen molar-refractivity contribution in [2.45, 2.75) is 40.0 Å². The summed E-state index contributed by atoms with van der Waals surface area (Å²) in [5.74, 6) is 1.31. The van der Waals surface area contributed by atoms with Crippen LogP contribution in [-0.4, -0.2) is 27.8 Å². The van der Waals surface area contributed by atoms with Gasteiger partial charge in [-0.2, -0.15) is 14.6 Å². The topological polar surface area (TPSA) is 82.8 Å². The molecule has 0 aliphatic carbocycles. The largest absolute Gasteiger partial charge is 0.490 e. The van der Waals surface area contributed by atoms with Gasteiger partial charge in [0.2, 0.25) is 4.96 Å². The third kappa shape index (κ3) is 5.34. The number of hydrogen-bond acceptors (Lipinski definition) is 7. The molecule has 0 saturated heterocycles. The van der Waals surface area contributed by atoms with Crippen LogP contribution in [-0.2, 0) is 6.42 Å². The molecule has 2 aromatic carbocycles. The summed E-state index contributed by atoms with van der Waals surface area (Å²) in [5, 5.41) is 4.33. The van der Waals surface area contributed by atoms with Gasteiger partial charge in [-0.15, -0.1) is 0 Å². The minimum atomic E-state index is -0.416. The van der Waals surface area contributed by atoms with Gasteiger partial charge in [0.05, 0.1) is 17.7 Å². The minimum Gasteiger partial charge on any atom is -0.490 e. The first-order chi connectivity index (χ1) is 16.5. The molecule has 176 valence electrons. The molecule has 0 aliphatic heterocycles. The van der Waals surface area contributed by atoms with Gasteiger partial charge in [-0.25, -0.2) is 0 Å². The highest BCUT2D eigenvalue weighted by molar-refractivity contribution is 7.15. The Hall–Kier alpha value is -3.52. The van der Waals surface area contributed by atoms with Crippen molar-refractivity contribution in [2.24, 2.45) is 0 Å². The Kier molecular flexibility index (Phi) is 7.37. The first-order valence-electron chi connectivity index (χ1n) is 11.4. The number of rotatable bonds is 9. The second kappa shape index (κ2) is 10.6. The molecule has 2 aromatic heterocycles. The van der Waals surface area contributed by atoms with Crippen molar-refractivity contribution in [2.75, 3.05) is 13.2 Å². The number of hydrogen-bond donors (Lipinski definition) is 0. The molecule has 7 nitrogen and oxygen atoms in total. The Morgan fingerprint density at radius 1 is 1.03 bits per heavy atom. The Labute approximate surface area is 201 Å². The molecular formula is C26H27N3O4S. The predicted octanol–water partition coefficient (Wildman–Crippen LogP) is 3.54. The van der Waals surface area contributed by atoms with Crippen molar-refractivity contribution in [3.05, 3.63) is 90.1 Å². The number of unbranched alkanes of at least 4 members (excludes halogenated alkanes) is 1. The summed E-state index contributed by atoms with van der Waals surface area (Å²) in [7, 11) is 0. The smallest absolute Gasteiger partial charge is 0.296 e. The van der Waals surface area contributed by atoms with E-state index < -0.39 is 5.56 Å². The van der Waals surface area contributed by atoms with Crippen molar-refractivity contribution in [3.63, 3.8) is 0 Å². The van der Waals surface area contributed by atoms with Crippen molar-refractivity contribution in [3.8, 4) is 11.5 Å². The summed E-state index contributed by atoms with van der Waals surface area (Å²) in [6.07, 6.45) is 4.09. The van der Waals surface area contributed by atoms with E-state index in [1.807, 2.05) is 56.3 Å². The zero-order valence-corrected chi connectivity index (χ0v) is 20.4. The maximum absolute atomic E-state index is 13.0. The number of nitrogens with zero attached hydrogens (tertiary/aromatic N) is 3. The van der Waals surface area contributed by atoms with Gasteiger partial charge in [0, 0.05) is 6.42 Å². The molecule has 0 radical (unpaired) electrons. The number of thiazole rings is 1. The van der Waals surface area contributed by atoms with Gasteiger partial charge in [0.15, 0.2) is 11.5 Å². The number of aryl methyl sites for hydroxylation is 1. The maximum Gasteiger partial charge on any atom is 0.296 e. The molecule has 0 amide bonds. The van der Waals surface area contributed by atoms with E-state index in [9.17, 15) is 9.59 Å². The van der Waals surface area contributed by atoms with Gasteiger partial charge in [-0.05, 0) is 49.6 Å². The van der Waals surface area contributed by atoms with Crippen molar-refractivity contribution in [1.29, 1.82) is 0 Å². The van der Waals surface area contributed by atoms with Gasteiger partial charge in [0.25, 0.3) is 11.1 Å². The van der Waals surface area contributed by atoms with E-state index in [1.54, 1.807) is 6.08 Å². The normalized spacial score (nSPS) is 11.8. The highest BCUT2D eigenvalue weighted by atomic mass is 32.1. The van der Waals surface area contributed by atoms with Gasteiger partial charge in [0.1, 0.15) is 5.69 Å². The lowest BCUT2D eigenvalue weighted by Crippen LogP contribution is -2.28. The molecule has 0 spiro atoms. The fraction of sp³-hybridized carbons (Fsp3) is 0.308. The van der Waals surface area contributed by atoms with E-state index >= 15 is 0 Å². The van der Waals surface area contributed by atoms with Gasteiger partial charge in [-0.3, -0.25) is 9.59 Å². The molecule has 0 aliphatic rings. The fourth-order valence-electron chi connectivity index (χ4n) is 3.43. The van der Waals surface area contributed by atoms with Crippen LogP contribution in [0.2, 0.25) is 0 Å². The second-order valence-corrected chi connectivity index (χ2v) is 8.99. The third-order valence-corrected chi connectivity index (χ3v) is 6.22. The van der Waals surface area contributed by atoms with Crippen LogP contribution < -0.4 is 25.1 Å². The lowest BCUT2D eigenvalue weighted by molar-refractivity contribution is 0.272. The summed E-state index contributed by atoms with van der Waals surface area (Å²) in [5.41, 5.74) is 2.39. The lowest BCUT2D eigenvalue weighted by Gasteiger charge is -2.12. The summed E-state index contributed by atoms with van der Waals surface area (Å²) in [4.78, 5) is 29.9. The van der Waals surface area contributed by atoms with Crippen LogP contribution in [0.15, 0.2) is 52.1 Å². The number of ether oxygens (including phenoxy) is 2. The summed E-state index contributed by atoms with van der Waals surface area (Å²) >= 11 is 1.14. The van der Waals surface area contributed by atoms with Crippen LogP contribution in [0.3, 0.4) is 0 Å². The Bertz CT molecular complexity index is 1460. The van der Waals surface area contributed by atoms with E-state index in [-0.39, 0.29) is 16.2 Å². The predicted molar refractivity (Wildman–Crippen MR) is 134 cm³/mol. The number of fused-ring (bicyclic) bond motifs is 1. The Morgan fingerprint density at radius 2 is 1.82 bits per heavy atom. The van der Waals surface area contributed by atoms with Crippen LogP contribution in [0.5, 0.6) is 11.5 Å². The molecule has 4 rings (SSSR count). The minimum absolute atomic E-state index is 0.245. The Balaban J connectivity index is 1.69. The molecular weight excluding hydrogens is 450 g/mol. The first kappa shape index (κ1) is 23.6. The average Bonchev–Trinajstić information content (AvgIpc) is 3.11. The highest BCUT2D eigenvalue weighted by Gasteiger charge is 2.12. The van der Waals surface area contributed by atoms with Crippen LogP contribution in [0.25, 0.3) is 11.0 Å². The summed E-state index contributed by atoms with van der Waals surface area (Å²) < 4.78 is 13.2. The molecule has 8 heteroatoms. The quantitative estimate of drug-likeness (QED) is 0.343. The third-order valence-electron chi connectivity index (χ3n) is 5.26. The molecule has 0 bridgehead atoms. The van der Waals surface area contributed by atoms with Crippen LogP contribution in [0.4, 0.5) is 0 Å². The van der Waals surface area contributed by atoms with Crippen LogP contribution in [0, 0.1) is 6.92 Å². The monoisotopic (exact) mass is 477 g/mol. The highest BCUT2D eigenvalue weighted by Crippen LogP contribution is 2.29. The number of aromatic nitrogens is 3. The molecule has 0 unspecified atom stereocenters. The van der Waals surface area contributed by atoms with Gasteiger partial charge < -0.3 is 9.47 Å². The maximum atomic E-state index is 13.0. The van der Waals surface area contributed by atoms with E-state index in [0.29, 0.717) is 35.7 Å². The molecule has 34 heavy (non-hydrogen) atoms. The lowest BCUT2D eigenvalue weighted by atomic mass is 10.1. The Morgan fingerprint density at radius 3 is 2.56 bits per heavy atom. The van der Waals surface area contributed by atoms with Crippen LogP contribution in [0.1, 0.15) is 49.1 Å². The number of benzene rings is 2. The van der Waals surface area contributed by atoms with Crippen molar-refractivity contribution >= 4 is 22.4 Å². The van der Waals surface area contributed by atoms with E-state index in [1.165, 1.54) is 4.52 Å². The first-order valence-corrected chi connectivity index (χ1v) is 12.2. The second-order valence-electron chi connectivity index (χ2n) is 7.98.